The fraction of sp³-hybridized carbons (Fsp3) is 0.0714. The van der Waals surface area contributed by atoms with Crippen LogP contribution in [0.15, 0.2) is 133 Å². The van der Waals surface area contributed by atoms with Crippen molar-refractivity contribution in [2.75, 3.05) is 43.5 Å². The van der Waals surface area contributed by atoms with E-state index in [0.717, 1.165) is 34.1 Å². The molecule has 7 nitrogen and oxygen atoms in total. The van der Waals surface area contributed by atoms with E-state index in [1.165, 1.54) is 28.3 Å². The molecule has 3 aliphatic rings. The number of aryl methyl sites for hydroxylation is 1. The van der Waals surface area contributed by atoms with Crippen LogP contribution in [-0.2, 0) is 20.1 Å². The largest absolute Gasteiger partial charge is 0.506 e. The zero-order valence-electron chi connectivity index (χ0n) is 27.9. The predicted molar refractivity (Wildman–Crippen MR) is 201 cm³/mol. The number of aromatic hydroxyl groups is 1. The van der Waals surface area contributed by atoms with Gasteiger partial charge in [-0.05, 0) is 62.6 Å². The number of phenolic OH excluding ortho intramolecular Hbond substituents is 1. The number of fused-ring (bicyclic) bond motifs is 3. The third kappa shape index (κ3) is 6.02. The molecule has 6 aromatic carbocycles. The van der Waals surface area contributed by atoms with E-state index in [1.807, 2.05) is 54.0 Å². The van der Waals surface area contributed by atoms with Gasteiger partial charge in [-0.2, -0.15) is 43.2 Å². The summed E-state index contributed by atoms with van der Waals surface area (Å²) in [6, 6.07) is 51.6. The molecule has 1 radical (unpaired) electrons. The van der Waals surface area contributed by atoms with E-state index < -0.39 is 0 Å². The number of phenols is 1. The summed E-state index contributed by atoms with van der Waals surface area (Å²) < 4.78 is 0. The molecule has 253 valence electrons. The zero-order valence-corrected chi connectivity index (χ0v) is 30.3. The van der Waals surface area contributed by atoms with Crippen molar-refractivity contribution in [1.29, 1.82) is 0 Å². The van der Waals surface area contributed by atoms with E-state index in [4.69, 9.17) is 0 Å². The molecule has 50 heavy (non-hydrogen) atoms. The van der Waals surface area contributed by atoms with Crippen LogP contribution in [0.3, 0.4) is 0 Å². The first kappa shape index (κ1) is 33.1. The average molecular weight is 832 g/mol. The van der Waals surface area contributed by atoms with Crippen molar-refractivity contribution in [2.45, 2.75) is 6.92 Å². The SMILES string of the molecule is CN1[CH-]N(c2[c-]c(N3[CH-]N(C)c4ccccc43)ccc2)c2ccccc21.Cc1c[c-]c(N2[CH-]N(c3ccccc3O)c3ccccc32)cc1.[Ir]. The van der Waals surface area contributed by atoms with Gasteiger partial charge < -0.3 is 34.5 Å². The van der Waals surface area contributed by atoms with Crippen molar-refractivity contribution >= 4 is 56.9 Å². The summed E-state index contributed by atoms with van der Waals surface area (Å²) in [4.78, 5) is 12.7. The maximum absolute atomic E-state index is 10.2. The van der Waals surface area contributed by atoms with E-state index in [-0.39, 0.29) is 25.9 Å². The van der Waals surface area contributed by atoms with Crippen LogP contribution in [0.25, 0.3) is 0 Å². The fourth-order valence-electron chi connectivity index (χ4n) is 6.44. The van der Waals surface area contributed by atoms with Gasteiger partial charge in [-0.1, -0.05) is 55.5 Å². The molecule has 6 aromatic rings. The van der Waals surface area contributed by atoms with Crippen molar-refractivity contribution in [3.63, 3.8) is 0 Å². The Morgan fingerprint density at radius 2 is 0.900 bits per heavy atom. The van der Waals surface area contributed by atoms with Crippen molar-refractivity contribution in [2.24, 2.45) is 0 Å². The van der Waals surface area contributed by atoms with E-state index in [0.29, 0.717) is 0 Å². The summed E-state index contributed by atoms with van der Waals surface area (Å²) in [5.41, 5.74) is 11.8. The summed E-state index contributed by atoms with van der Waals surface area (Å²) in [6.07, 6.45) is 0. The first-order valence-electron chi connectivity index (χ1n) is 16.2. The van der Waals surface area contributed by atoms with Crippen molar-refractivity contribution in [1.82, 2.24) is 0 Å². The third-order valence-corrected chi connectivity index (χ3v) is 8.89. The number of rotatable bonds is 4. The Hall–Kier alpha value is -5.43. The minimum Gasteiger partial charge on any atom is -0.506 e. The van der Waals surface area contributed by atoms with Gasteiger partial charge in [-0.15, -0.1) is 48.0 Å². The Morgan fingerprint density at radius 3 is 1.40 bits per heavy atom. The first-order chi connectivity index (χ1) is 24.0. The van der Waals surface area contributed by atoms with Crippen LogP contribution in [0.2, 0.25) is 0 Å². The molecule has 0 bridgehead atoms. The molecular weight excluding hydrogens is 797 g/mol. The molecule has 0 atom stereocenters. The van der Waals surface area contributed by atoms with Crippen molar-refractivity contribution < 1.29 is 25.2 Å². The fourth-order valence-corrected chi connectivity index (χ4v) is 6.44. The van der Waals surface area contributed by atoms with Crippen LogP contribution in [0.4, 0.5) is 56.9 Å². The second kappa shape index (κ2) is 13.8. The van der Waals surface area contributed by atoms with Gasteiger partial charge in [-0.25, -0.2) is 0 Å². The van der Waals surface area contributed by atoms with Gasteiger partial charge in [0.2, 0.25) is 0 Å². The molecule has 0 saturated heterocycles. The molecule has 0 saturated carbocycles. The molecule has 1 N–H and O–H groups in total. The second-order valence-corrected chi connectivity index (χ2v) is 12.2. The van der Waals surface area contributed by atoms with Gasteiger partial charge >= 0.3 is 0 Å². The molecule has 0 unspecified atom stereocenters. The number of hydrogen-bond donors (Lipinski definition) is 1. The smallest absolute Gasteiger partial charge is 0.136 e. The molecule has 9 rings (SSSR count). The molecule has 0 aromatic heterocycles. The molecule has 3 aliphatic heterocycles. The standard InChI is InChI=1S/C22H19N4.C20H16N2O.Ir/c1-23-15-25(21-12-5-3-10-19(21)23)17-8-7-9-18(14-17)26-16-24(2)20-11-4-6-13-22(20)26;1-15-10-12-16(13-11-15)21-14-22(18-7-3-2-6-17(18)21)19-8-4-5-9-20(19)23;/h3-13,15-16H,1-2H3;2-12,14,23H,1H3;/q-3;-2;. The van der Waals surface area contributed by atoms with Gasteiger partial charge in [0.25, 0.3) is 0 Å². The second-order valence-electron chi connectivity index (χ2n) is 12.2. The Balaban J connectivity index is 0.000000155. The number of para-hydroxylation sites is 8. The summed E-state index contributed by atoms with van der Waals surface area (Å²) in [5, 5.41) is 10.2. The van der Waals surface area contributed by atoms with E-state index in [1.54, 1.807) is 6.07 Å². The normalized spacial score (nSPS) is 14.1. The number of hydrogen-bond acceptors (Lipinski definition) is 7. The van der Waals surface area contributed by atoms with Crippen LogP contribution in [0.5, 0.6) is 5.75 Å². The minimum absolute atomic E-state index is 0. The Kier molecular flexibility index (Phi) is 9.15. The number of anilines is 10. The molecule has 0 fully saturated rings. The topological polar surface area (TPSA) is 39.7 Å². The third-order valence-electron chi connectivity index (χ3n) is 8.89. The van der Waals surface area contributed by atoms with Crippen LogP contribution in [0, 0.1) is 39.1 Å². The monoisotopic (exact) mass is 832 g/mol. The van der Waals surface area contributed by atoms with Crippen molar-refractivity contribution in [3.05, 3.63) is 171 Å². The van der Waals surface area contributed by atoms with E-state index >= 15 is 0 Å². The van der Waals surface area contributed by atoms with Crippen molar-refractivity contribution in [3.8, 4) is 5.75 Å². The zero-order chi connectivity index (χ0) is 33.5. The summed E-state index contributed by atoms with van der Waals surface area (Å²) in [7, 11) is 4.14. The van der Waals surface area contributed by atoms with E-state index in [2.05, 4.69) is 156 Å². The van der Waals surface area contributed by atoms with E-state index in [9.17, 15) is 5.11 Å². The summed E-state index contributed by atoms with van der Waals surface area (Å²) >= 11 is 0. The Labute approximate surface area is 308 Å². The Bertz CT molecular complexity index is 2050. The van der Waals surface area contributed by atoms with Gasteiger partial charge in [0.15, 0.2) is 0 Å². The average Bonchev–Trinajstić information content (AvgIpc) is 3.81. The van der Waals surface area contributed by atoms with Gasteiger partial charge in [-0.3, -0.25) is 0 Å². The van der Waals surface area contributed by atoms with Gasteiger partial charge in [0.1, 0.15) is 5.75 Å². The van der Waals surface area contributed by atoms with Gasteiger partial charge in [0.05, 0.1) is 5.69 Å². The first-order valence-corrected chi connectivity index (χ1v) is 16.2. The van der Waals surface area contributed by atoms with Crippen LogP contribution in [-0.4, -0.2) is 19.2 Å². The van der Waals surface area contributed by atoms with Gasteiger partial charge in [0, 0.05) is 54.2 Å². The maximum Gasteiger partial charge on any atom is 0.136 e. The molecule has 0 spiro atoms. The van der Waals surface area contributed by atoms with Crippen LogP contribution < -0.4 is 29.4 Å². The number of benzene rings is 6. The summed E-state index contributed by atoms with van der Waals surface area (Å²) in [5.74, 6) is 0.258. The summed E-state index contributed by atoms with van der Waals surface area (Å²) in [6.45, 7) is 8.25. The predicted octanol–water partition coefficient (Wildman–Crippen LogP) is 9.81. The quantitative estimate of drug-likeness (QED) is 0.178. The minimum atomic E-state index is 0. The Morgan fingerprint density at radius 1 is 0.460 bits per heavy atom. The number of nitrogens with zero attached hydrogens (tertiary/aromatic N) is 6. The van der Waals surface area contributed by atoms with Crippen LogP contribution in [0.1, 0.15) is 5.56 Å². The van der Waals surface area contributed by atoms with Crippen LogP contribution >= 0.6 is 0 Å². The molecule has 3 heterocycles. The molecule has 0 aliphatic carbocycles. The molecular formula is C42H35IrN6O-5. The molecule has 0 amide bonds. The molecule has 8 heteroatoms. The maximum atomic E-state index is 10.2.